The van der Waals surface area contributed by atoms with Crippen molar-refractivity contribution in [1.82, 2.24) is 5.32 Å². The molecule has 0 aromatic heterocycles. The lowest BCUT2D eigenvalue weighted by atomic mass is 10.1. The van der Waals surface area contributed by atoms with Crippen molar-refractivity contribution < 1.29 is 27.9 Å². The lowest BCUT2D eigenvalue weighted by molar-refractivity contribution is -0.137. The van der Waals surface area contributed by atoms with Crippen molar-refractivity contribution in [3.63, 3.8) is 0 Å². The number of rotatable bonds is 4. The van der Waals surface area contributed by atoms with Gasteiger partial charge in [-0.3, -0.25) is 9.59 Å². The molecule has 9 heteroatoms. The van der Waals surface area contributed by atoms with Gasteiger partial charge in [-0.15, -0.1) is 0 Å². The average Bonchev–Trinajstić information content (AvgIpc) is 2.56. The van der Waals surface area contributed by atoms with E-state index in [1.165, 1.54) is 25.1 Å². The minimum atomic E-state index is -4.47. The summed E-state index contributed by atoms with van der Waals surface area (Å²) in [4.78, 5) is 24.2. The van der Waals surface area contributed by atoms with Crippen molar-refractivity contribution in [3.05, 3.63) is 58.6 Å². The zero-order valence-electron chi connectivity index (χ0n) is 13.4. The number of nitrogens with one attached hydrogen (secondary N) is 2. The molecule has 0 aliphatic rings. The summed E-state index contributed by atoms with van der Waals surface area (Å²) in [6.45, 7) is 1.39. The Labute approximate surface area is 151 Å². The summed E-state index contributed by atoms with van der Waals surface area (Å²) in [7, 11) is 0. The normalized spacial score (nSPS) is 12.3. The van der Waals surface area contributed by atoms with Gasteiger partial charge in [-0.1, -0.05) is 11.6 Å². The number of phenolic OH excluding ortho intramolecular Hbond substituents is 1. The van der Waals surface area contributed by atoms with E-state index < -0.39 is 29.6 Å². The van der Waals surface area contributed by atoms with Gasteiger partial charge in [0.2, 0.25) is 5.91 Å². The molecule has 0 saturated carbocycles. The highest BCUT2D eigenvalue weighted by atomic mass is 35.5. The van der Waals surface area contributed by atoms with Crippen LogP contribution in [0.2, 0.25) is 5.02 Å². The number of amides is 2. The van der Waals surface area contributed by atoms with Gasteiger partial charge in [0.25, 0.3) is 5.91 Å². The van der Waals surface area contributed by atoms with Crippen molar-refractivity contribution in [2.75, 3.05) is 5.32 Å². The van der Waals surface area contributed by atoms with E-state index in [4.69, 9.17) is 11.6 Å². The zero-order valence-corrected chi connectivity index (χ0v) is 14.2. The first-order valence-electron chi connectivity index (χ1n) is 7.35. The molecule has 0 bridgehead atoms. The van der Waals surface area contributed by atoms with E-state index in [1.54, 1.807) is 0 Å². The molecule has 1 atom stereocenters. The maximum atomic E-state index is 12.5. The second-order valence-corrected chi connectivity index (χ2v) is 5.86. The van der Waals surface area contributed by atoms with Gasteiger partial charge in [0.15, 0.2) is 0 Å². The number of benzene rings is 2. The van der Waals surface area contributed by atoms with E-state index >= 15 is 0 Å². The number of carbonyl (C=O) groups excluding carboxylic acids is 2. The smallest absolute Gasteiger partial charge is 0.416 e. The molecule has 0 aliphatic carbocycles. The van der Waals surface area contributed by atoms with Crippen LogP contribution in [0.1, 0.15) is 22.8 Å². The monoisotopic (exact) mass is 386 g/mol. The molecule has 2 amide bonds. The predicted molar refractivity (Wildman–Crippen MR) is 90.1 cm³/mol. The van der Waals surface area contributed by atoms with Gasteiger partial charge in [0.05, 0.1) is 11.1 Å². The first-order chi connectivity index (χ1) is 12.1. The van der Waals surface area contributed by atoms with E-state index in [1.807, 2.05) is 0 Å². The SMILES string of the molecule is C[C@H](NC(=O)c1cc(Cl)ccc1O)C(=O)Nc1ccc(C(F)(F)F)cc1. The van der Waals surface area contributed by atoms with E-state index in [-0.39, 0.29) is 22.0 Å². The third kappa shape index (κ3) is 4.89. The highest BCUT2D eigenvalue weighted by Gasteiger charge is 2.30. The fourth-order valence-corrected chi connectivity index (χ4v) is 2.20. The highest BCUT2D eigenvalue weighted by Crippen LogP contribution is 2.29. The second-order valence-electron chi connectivity index (χ2n) is 5.42. The van der Waals surface area contributed by atoms with Crippen LogP contribution in [0.15, 0.2) is 42.5 Å². The molecular weight excluding hydrogens is 373 g/mol. The molecule has 2 aromatic rings. The van der Waals surface area contributed by atoms with Crippen molar-refractivity contribution in [1.29, 1.82) is 0 Å². The van der Waals surface area contributed by atoms with E-state index in [0.717, 1.165) is 24.3 Å². The Balaban J connectivity index is 2.01. The van der Waals surface area contributed by atoms with E-state index in [9.17, 15) is 27.9 Å². The van der Waals surface area contributed by atoms with Crippen molar-refractivity contribution >= 4 is 29.1 Å². The highest BCUT2D eigenvalue weighted by molar-refractivity contribution is 6.31. The standard InChI is InChI=1S/C17H14ClF3N2O3/c1-9(22-16(26)13-8-11(18)4-7-14(13)24)15(25)23-12-5-2-10(3-6-12)17(19,20)21/h2-9,24H,1H3,(H,22,26)(H,23,25)/t9-/m0/s1. The van der Waals surface area contributed by atoms with Crippen LogP contribution in [0.4, 0.5) is 18.9 Å². The minimum Gasteiger partial charge on any atom is -0.507 e. The van der Waals surface area contributed by atoms with Gasteiger partial charge < -0.3 is 15.7 Å². The van der Waals surface area contributed by atoms with Gasteiger partial charge >= 0.3 is 6.18 Å². The largest absolute Gasteiger partial charge is 0.507 e. The Hall–Kier alpha value is -2.74. The Bertz CT molecular complexity index is 823. The van der Waals surface area contributed by atoms with Crippen LogP contribution in [0.3, 0.4) is 0 Å². The fourth-order valence-electron chi connectivity index (χ4n) is 2.02. The summed E-state index contributed by atoms with van der Waals surface area (Å²) >= 11 is 5.76. The number of carbonyl (C=O) groups is 2. The molecule has 0 heterocycles. The van der Waals surface area contributed by atoms with E-state index in [0.29, 0.717) is 0 Å². The van der Waals surface area contributed by atoms with Crippen LogP contribution in [0, 0.1) is 0 Å². The lowest BCUT2D eigenvalue weighted by Gasteiger charge is -2.15. The Morgan fingerprint density at radius 2 is 1.73 bits per heavy atom. The molecule has 0 saturated heterocycles. The average molecular weight is 387 g/mol. The minimum absolute atomic E-state index is 0.105. The molecule has 0 spiro atoms. The van der Waals surface area contributed by atoms with Crippen LogP contribution in [0.25, 0.3) is 0 Å². The molecule has 0 fully saturated rings. The molecular formula is C17H14ClF3N2O3. The third-order valence-corrected chi connectivity index (χ3v) is 3.66. The van der Waals surface area contributed by atoms with Gasteiger partial charge in [-0.05, 0) is 49.4 Å². The second kappa shape index (κ2) is 7.65. The number of anilines is 1. The molecule has 0 unspecified atom stereocenters. The summed E-state index contributed by atoms with van der Waals surface area (Å²) in [6.07, 6.45) is -4.47. The molecule has 3 N–H and O–H groups in total. The van der Waals surface area contributed by atoms with Crippen LogP contribution in [-0.4, -0.2) is 23.0 Å². The van der Waals surface area contributed by atoms with Crippen LogP contribution >= 0.6 is 11.6 Å². The topological polar surface area (TPSA) is 78.4 Å². The number of aromatic hydroxyl groups is 1. The molecule has 2 aromatic carbocycles. The van der Waals surface area contributed by atoms with Gasteiger partial charge in [0, 0.05) is 10.7 Å². The summed E-state index contributed by atoms with van der Waals surface area (Å²) in [5.41, 5.74) is -0.797. The Morgan fingerprint density at radius 1 is 1.12 bits per heavy atom. The zero-order chi connectivity index (χ0) is 19.5. The fraction of sp³-hybridized carbons (Fsp3) is 0.176. The summed E-state index contributed by atoms with van der Waals surface area (Å²) < 4.78 is 37.5. The van der Waals surface area contributed by atoms with Gasteiger partial charge in [-0.25, -0.2) is 0 Å². The predicted octanol–water partition coefficient (Wildman–Crippen LogP) is 3.82. The molecule has 2 rings (SSSR count). The molecule has 138 valence electrons. The summed E-state index contributed by atoms with van der Waals surface area (Å²) in [6, 6.07) is 6.76. The number of halogens is 4. The Morgan fingerprint density at radius 3 is 2.31 bits per heavy atom. The number of hydrogen-bond donors (Lipinski definition) is 3. The molecule has 0 radical (unpaired) electrons. The quantitative estimate of drug-likeness (QED) is 0.747. The third-order valence-electron chi connectivity index (χ3n) is 3.42. The lowest BCUT2D eigenvalue weighted by Crippen LogP contribution is -2.41. The van der Waals surface area contributed by atoms with Crippen LogP contribution in [0.5, 0.6) is 5.75 Å². The molecule has 26 heavy (non-hydrogen) atoms. The summed E-state index contributed by atoms with van der Waals surface area (Å²) in [5.74, 6) is -1.66. The number of alkyl halides is 3. The van der Waals surface area contributed by atoms with Crippen molar-refractivity contribution in [2.24, 2.45) is 0 Å². The van der Waals surface area contributed by atoms with Gasteiger partial charge in [-0.2, -0.15) is 13.2 Å². The van der Waals surface area contributed by atoms with Gasteiger partial charge in [0.1, 0.15) is 11.8 Å². The molecule has 5 nitrogen and oxygen atoms in total. The van der Waals surface area contributed by atoms with Crippen molar-refractivity contribution in [3.8, 4) is 5.75 Å². The van der Waals surface area contributed by atoms with Crippen molar-refractivity contribution in [2.45, 2.75) is 19.1 Å². The van der Waals surface area contributed by atoms with Crippen LogP contribution in [-0.2, 0) is 11.0 Å². The number of hydrogen-bond acceptors (Lipinski definition) is 3. The van der Waals surface area contributed by atoms with E-state index in [2.05, 4.69) is 10.6 Å². The van der Waals surface area contributed by atoms with Crippen LogP contribution < -0.4 is 10.6 Å². The summed E-state index contributed by atoms with van der Waals surface area (Å²) in [5, 5.41) is 14.7. The number of phenols is 1. The first-order valence-corrected chi connectivity index (χ1v) is 7.73. The maximum Gasteiger partial charge on any atom is 0.416 e. The first kappa shape index (κ1) is 19.6. The molecule has 0 aliphatic heterocycles. The Kier molecular flexibility index (Phi) is 5.76. The maximum absolute atomic E-state index is 12.5.